The van der Waals surface area contributed by atoms with Crippen LogP contribution in [0.4, 0.5) is 0 Å². The van der Waals surface area contributed by atoms with Gasteiger partial charge in [0.1, 0.15) is 11.4 Å². The van der Waals surface area contributed by atoms with Crippen molar-refractivity contribution in [1.82, 2.24) is 10.3 Å². The maximum atomic E-state index is 12.7. The summed E-state index contributed by atoms with van der Waals surface area (Å²) in [4.78, 5) is 28.8. The third kappa shape index (κ3) is 2.80. The molecule has 24 heavy (non-hydrogen) atoms. The molecule has 1 heterocycles. The number of hydrogen-bond acceptors (Lipinski definition) is 4. The molecule has 4 fully saturated rings. The molecule has 5 rings (SSSR count). The number of nitrogens with one attached hydrogen (secondary N) is 1. The Labute approximate surface area is 142 Å². The zero-order valence-electron chi connectivity index (χ0n) is 14.1. The van der Waals surface area contributed by atoms with Crippen LogP contribution >= 0.6 is 0 Å². The van der Waals surface area contributed by atoms with E-state index in [1.54, 1.807) is 25.1 Å². The van der Waals surface area contributed by atoms with Gasteiger partial charge in [0.05, 0.1) is 6.61 Å². The molecule has 0 atom stereocenters. The SMILES string of the molecule is CCOC(=O)c1cccc(C(=O)NC23CC4CC(CC(C4)C2)C3)n1. The van der Waals surface area contributed by atoms with E-state index in [1.807, 2.05) is 0 Å². The molecule has 0 spiro atoms. The molecular weight excluding hydrogens is 304 g/mol. The monoisotopic (exact) mass is 328 g/mol. The Kier molecular flexibility index (Phi) is 3.82. The van der Waals surface area contributed by atoms with E-state index < -0.39 is 5.97 Å². The molecule has 4 saturated carbocycles. The Bertz CT molecular complexity index is 635. The summed E-state index contributed by atoms with van der Waals surface area (Å²) in [6, 6.07) is 4.94. The lowest BCUT2D eigenvalue weighted by Crippen LogP contribution is -2.59. The van der Waals surface area contributed by atoms with E-state index in [9.17, 15) is 9.59 Å². The first-order valence-electron chi connectivity index (χ1n) is 9.03. The van der Waals surface area contributed by atoms with Gasteiger partial charge in [0, 0.05) is 5.54 Å². The molecule has 4 aliphatic carbocycles. The first-order chi connectivity index (χ1) is 11.6. The summed E-state index contributed by atoms with van der Waals surface area (Å²) in [5, 5.41) is 3.29. The normalized spacial score (nSPS) is 33.3. The highest BCUT2D eigenvalue weighted by Crippen LogP contribution is 2.55. The molecule has 0 aromatic carbocycles. The quantitative estimate of drug-likeness (QED) is 0.863. The van der Waals surface area contributed by atoms with Crippen molar-refractivity contribution in [3.63, 3.8) is 0 Å². The molecule has 0 radical (unpaired) electrons. The Morgan fingerprint density at radius 3 is 2.29 bits per heavy atom. The highest BCUT2D eigenvalue weighted by atomic mass is 16.5. The summed E-state index contributed by atoms with van der Waals surface area (Å²) in [6.45, 7) is 2.05. The van der Waals surface area contributed by atoms with Crippen molar-refractivity contribution in [2.24, 2.45) is 17.8 Å². The molecular formula is C19H24N2O3. The van der Waals surface area contributed by atoms with Crippen molar-refractivity contribution in [3.8, 4) is 0 Å². The number of nitrogens with zero attached hydrogens (tertiary/aromatic N) is 1. The summed E-state index contributed by atoms with van der Waals surface area (Å²) in [5.41, 5.74) is 0.444. The third-order valence-corrected chi connectivity index (χ3v) is 5.88. The van der Waals surface area contributed by atoms with Gasteiger partial charge in [-0.15, -0.1) is 0 Å². The number of pyridine rings is 1. The fraction of sp³-hybridized carbons (Fsp3) is 0.632. The van der Waals surface area contributed by atoms with Crippen LogP contribution in [-0.2, 0) is 4.74 Å². The molecule has 5 heteroatoms. The second-order valence-electron chi connectivity index (χ2n) is 7.78. The minimum atomic E-state index is -0.484. The topological polar surface area (TPSA) is 68.3 Å². The smallest absolute Gasteiger partial charge is 0.356 e. The van der Waals surface area contributed by atoms with Crippen LogP contribution in [0.15, 0.2) is 18.2 Å². The molecule has 1 aromatic heterocycles. The second kappa shape index (κ2) is 5.87. The first kappa shape index (κ1) is 15.6. The highest BCUT2D eigenvalue weighted by molar-refractivity contribution is 5.95. The van der Waals surface area contributed by atoms with Gasteiger partial charge in [0.25, 0.3) is 5.91 Å². The predicted molar refractivity (Wildman–Crippen MR) is 88.6 cm³/mol. The number of carbonyl (C=O) groups excluding carboxylic acids is 2. The summed E-state index contributed by atoms with van der Waals surface area (Å²) < 4.78 is 4.96. The van der Waals surface area contributed by atoms with Gasteiger partial charge in [-0.2, -0.15) is 0 Å². The van der Waals surface area contributed by atoms with Gasteiger partial charge in [-0.3, -0.25) is 4.79 Å². The van der Waals surface area contributed by atoms with E-state index in [-0.39, 0.29) is 17.1 Å². The van der Waals surface area contributed by atoms with Gasteiger partial charge in [-0.05, 0) is 75.3 Å². The molecule has 4 aliphatic rings. The summed E-state index contributed by atoms with van der Waals surface area (Å²) in [5.74, 6) is 1.67. The van der Waals surface area contributed by atoms with E-state index in [2.05, 4.69) is 10.3 Å². The maximum absolute atomic E-state index is 12.7. The van der Waals surface area contributed by atoms with Crippen LogP contribution < -0.4 is 5.32 Å². The average molecular weight is 328 g/mol. The molecule has 0 unspecified atom stereocenters. The minimum absolute atomic E-state index is 0.0482. The molecule has 1 aromatic rings. The van der Waals surface area contributed by atoms with Gasteiger partial charge in [0.15, 0.2) is 0 Å². The lowest BCUT2D eigenvalue weighted by Gasteiger charge is -2.56. The molecule has 0 aliphatic heterocycles. The second-order valence-corrected chi connectivity index (χ2v) is 7.78. The number of rotatable bonds is 4. The lowest BCUT2D eigenvalue weighted by molar-refractivity contribution is -0.0167. The number of aromatic nitrogens is 1. The van der Waals surface area contributed by atoms with Gasteiger partial charge in [-0.1, -0.05) is 6.07 Å². The third-order valence-electron chi connectivity index (χ3n) is 5.88. The molecule has 4 bridgehead atoms. The van der Waals surface area contributed by atoms with E-state index in [4.69, 9.17) is 4.74 Å². The van der Waals surface area contributed by atoms with E-state index >= 15 is 0 Å². The number of hydrogen-bond donors (Lipinski definition) is 1. The largest absolute Gasteiger partial charge is 0.461 e. The maximum Gasteiger partial charge on any atom is 0.356 e. The Morgan fingerprint density at radius 1 is 1.12 bits per heavy atom. The standard InChI is InChI=1S/C19H24N2O3/c1-2-24-18(23)16-5-3-4-15(20-16)17(22)21-19-9-12-6-13(10-19)8-14(7-12)11-19/h3-5,12-14H,2,6-11H2,1H3,(H,21,22). The molecule has 5 nitrogen and oxygen atoms in total. The molecule has 1 amide bonds. The Hall–Kier alpha value is -1.91. The van der Waals surface area contributed by atoms with Crippen LogP contribution in [0.5, 0.6) is 0 Å². The van der Waals surface area contributed by atoms with Crippen molar-refractivity contribution >= 4 is 11.9 Å². The number of ether oxygens (including phenoxy) is 1. The molecule has 128 valence electrons. The van der Waals surface area contributed by atoms with E-state index in [0.29, 0.717) is 12.3 Å². The van der Waals surface area contributed by atoms with Gasteiger partial charge >= 0.3 is 5.97 Å². The van der Waals surface area contributed by atoms with E-state index in [0.717, 1.165) is 37.0 Å². The van der Waals surface area contributed by atoms with Crippen molar-refractivity contribution < 1.29 is 14.3 Å². The summed E-state index contributed by atoms with van der Waals surface area (Å²) >= 11 is 0. The summed E-state index contributed by atoms with van der Waals surface area (Å²) in [7, 11) is 0. The Balaban J connectivity index is 1.50. The van der Waals surface area contributed by atoms with Gasteiger partial charge in [0.2, 0.25) is 0 Å². The van der Waals surface area contributed by atoms with Crippen LogP contribution in [0.3, 0.4) is 0 Å². The van der Waals surface area contributed by atoms with Crippen LogP contribution in [0.25, 0.3) is 0 Å². The number of esters is 1. The highest BCUT2D eigenvalue weighted by Gasteiger charge is 2.51. The number of amides is 1. The lowest BCUT2D eigenvalue weighted by atomic mass is 9.53. The van der Waals surface area contributed by atoms with Crippen LogP contribution in [0.2, 0.25) is 0 Å². The zero-order chi connectivity index (χ0) is 16.7. The van der Waals surface area contributed by atoms with Gasteiger partial charge < -0.3 is 10.1 Å². The van der Waals surface area contributed by atoms with Gasteiger partial charge in [-0.25, -0.2) is 9.78 Å². The number of carbonyl (C=O) groups is 2. The van der Waals surface area contributed by atoms with Crippen LogP contribution in [-0.4, -0.2) is 29.0 Å². The molecule has 0 saturated heterocycles. The zero-order valence-corrected chi connectivity index (χ0v) is 14.1. The predicted octanol–water partition coefficient (Wildman–Crippen LogP) is 2.96. The molecule has 1 N–H and O–H groups in total. The van der Waals surface area contributed by atoms with Crippen molar-refractivity contribution in [2.45, 2.75) is 51.0 Å². The Morgan fingerprint density at radius 2 is 1.71 bits per heavy atom. The fourth-order valence-corrected chi connectivity index (χ4v) is 5.45. The minimum Gasteiger partial charge on any atom is -0.461 e. The van der Waals surface area contributed by atoms with E-state index in [1.165, 1.54) is 19.3 Å². The van der Waals surface area contributed by atoms with Crippen molar-refractivity contribution in [1.29, 1.82) is 0 Å². The van der Waals surface area contributed by atoms with Crippen LogP contribution in [0.1, 0.15) is 66.4 Å². The first-order valence-corrected chi connectivity index (χ1v) is 9.03. The summed E-state index contributed by atoms with van der Waals surface area (Å²) in [6.07, 6.45) is 7.32. The fourth-order valence-electron chi connectivity index (χ4n) is 5.45. The van der Waals surface area contributed by atoms with Crippen molar-refractivity contribution in [2.75, 3.05) is 6.61 Å². The average Bonchev–Trinajstić information content (AvgIpc) is 2.53. The van der Waals surface area contributed by atoms with Crippen LogP contribution in [0, 0.1) is 17.8 Å². The van der Waals surface area contributed by atoms with Crippen molar-refractivity contribution in [3.05, 3.63) is 29.6 Å².